The zero-order valence-electron chi connectivity index (χ0n) is 10.9. The maximum atomic E-state index is 10.7. The summed E-state index contributed by atoms with van der Waals surface area (Å²) in [5, 5.41) is 12.9. The van der Waals surface area contributed by atoms with Gasteiger partial charge in [-0.05, 0) is 42.2 Å². The molecule has 0 aliphatic carbocycles. The first-order chi connectivity index (χ1) is 9.12. The van der Waals surface area contributed by atoms with E-state index in [0.29, 0.717) is 0 Å². The molecule has 2 aromatic carbocycles. The highest BCUT2D eigenvalue weighted by Crippen LogP contribution is 2.40. The van der Waals surface area contributed by atoms with Gasteiger partial charge in [0.05, 0.1) is 5.60 Å². The van der Waals surface area contributed by atoms with Gasteiger partial charge in [-0.25, -0.2) is 0 Å². The molecule has 0 spiro atoms. The second-order valence-corrected chi connectivity index (χ2v) is 6.20. The van der Waals surface area contributed by atoms with Crippen LogP contribution < -0.4 is 0 Å². The molecule has 1 saturated heterocycles. The van der Waals surface area contributed by atoms with Crippen LogP contribution in [0.15, 0.2) is 40.9 Å². The first kappa shape index (κ1) is 13.1. The molecule has 0 saturated carbocycles. The lowest BCUT2D eigenvalue weighted by atomic mass is 9.88. The van der Waals surface area contributed by atoms with Crippen molar-refractivity contribution < 1.29 is 9.84 Å². The Morgan fingerprint density at radius 1 is 1.21 bits per heavy atom. The molecule has 2 nitrogen and oxygen atoms in total. The standard InChI is InChI=1S/C16H17BrO2/c1-16(9-4-10-19-16)15(18)13-7-8-14(17)12-6-3-2-5-11(12)13/h2-3,5-8,15,18H,4,9-10H2,1H3. The molecule has 1 aliphatic heterocycles. The van der Waals surface area contributed by atoms with Crippen LogP contribution in [0.1, 0.15) is 31.4 Å². The van der Waals surface area contributed by atoms with Crippen molar-refractivity contribution >= 4 is 26.7 Å². The minimum Gasteiger partial charge on any atom is -0.385 e. The third-order valence-corrected chi connectivity index (χ3v) is 4.72. The van der Waals surface area contributed by atoms with E-state index in [9.17, 15) is 5.11 Å². The molecule has 2 aromatic rings. The molecule has 0 aromatic heterocycles. The number of hydrogen-bond donors (Lipinski definition) is 1. The van der Waals surface area contributed by atoms with E-state index in [0.717, 1.165) is 40.3 Å². The van der Waals surface area contributed by atoms with E-state index in [-0.39, 0.29) is 0 Å². The third-order valence-electron chi connectivity index (χ3n) is 4.03. The van der Waals surface area contributed by atoms with Crippen molar-refractivity contribution in [3.63, 3.8) is 0 Å². The average molecular weight is 321 g/mol. The fraction of sp³-hybridized carbons (Fsp3) is 0.375. The summed E-state index contributed by atoms with van der Waals surface area (Å²) in [7, 11) is 0. The number of benzene rings is 2. The van der Waals surface area contributed by atoms with Gasteiger partial charge in [0.15, 0.2) is 0 Å². The van der Waals surface area contributed by atoms with Gasteiger partial charge in [-0.3, -0.25) is 0 Å². The maximum Gasteiger partial charge on any atom is 0.108 e. The summed E-state index contributed by atoms with van der Waals surface area (Å²) in [6.07, 6.45) is 1.33. The van der Waals surface area contributed by atoms with Crippen LogP contribution in [0.4, 0.5) is 0 Å². The lowest BCUT2D eigenvalue weighted by Gasteiger charge is -2.30. The van der Waals surface area contributed by atoms with Gasteiger partial charge in [-0.2, -0.15) is 0 Å². The van der Waals surface area contributed by atoms with Gasteiger partial charge in [-0.15, -0.1) is 0 Å². The van der Waals surface area contributed by atoms with Crippen LogP contribution in [0.25, 0.3) is 10.8 Å². The van der Waals surface area contributed by atoms with Gasteiger partial charge in [0.2, 0.25) is 0 Å². The molecule has 100 valence electrons. The van der Waals surface area contributed by atoms with Crippen molar-refractivity contribution in [1.29, 1.82) is 0 Å². The van der Waals surface area contributed by atoms with Crippen molar-refractivity contribution in [3.8, 4) is 0 Å². The van der Waals surface area contributed by atoms with Crippen LogP contribution in [0.3, 0.4) is 0 Å². The fourth-order valence-corrected chi connectivity index (χ4v) is 3.35. The molecule has 0 amide bonds. The minimum atomic E-state index is -0.590. The van der Waals surface area contributed by atoms with Crippen molar-refractivity contribution in [1.82, 2.24) is 0 Å². The predicted octanol–water partition coefficient (Wildman–Crippen LogP) is 4.20. The molecule has 1 aliphatic rings. The number of aliphatic hydroxyl groups is 1. The molecule has 19 heavy (non-hydrogen) atoms. The molecule has 3 heteroatoms. The number of hydrogen-bond acceptors (Lipinski definition) is 2. The third kappa shape index (κ3) is 2.20. The Balaban J connectivity index is 2.12. The molecule has 1 fully saturated rings. The van der Waals surface area contributed by atoms with Crippen molar-refractivity contribution in [2.45, 2.75) is 31.5 Å². The Hall–Kier alpha value is -0.900. The van der Waals surface area contributed by atoms with E-state index in [1.807, 2.05) is 31.2 Å². The highest BCUT2D eigenvalue weighted by molar-refractivity contribution is 9.10. The predicted molar refractivity (Wildman–Crippen MR) is 80.2 cm³/mol. The second-order valence-electron chi connectivity index (χ2n) is 5.35. The van der Waals surface area contributed by atoms with Gasteiger partial charge in [-0.1, -0.05) is 46.3 Å². The number of halogens is 1. The van der Waals surface area contributed by atoms with Crippen LogP contribution in [0.2, 0.25) is 0 Å². The first-order valence-electron chi connectivity index (χ1n) is 6.61. The average Bonchev–Trinajstić information content (AvgIpc) is 2.87. The lowest BCUT2D eigenvalue weighted by molar-refractivity contribution is -0.0790. The Morgan fingerprint density at radius 3 is 2.63 bits per heavy atom. The van der Waals surface area contributed by atoms with Gasteiger partial charge in [0.1, 0.15) is 6.10 Å². The normalized spacial score (nSPS) is 24.8. The van der Waals surface area contributed by atoms with Gasteiger partial charge >= 0.3 is 0 Å². The van der Waals surface area contributed by atoms with E-state index < -0.39 is 11.7 Å². The fourth-order valence-electron chi connectivity index (χ4n) is 2.87. The smallest absolute Gasteiger partial charge is 0.108 e. The van der Waals surface area contributed by atoms with Gasteiger partial charge in [0.25, 0.3) is 0 Å². The minimum absolute atomic E-state index is 0.462. The molecule has 0 radical (unpaired) electrons. The first-order valence-corrected chi connectivity index (χ1v) is 7.40. The largest absolute Gasteiger partial charge is 0.385 e. The molecular weight excluding hydrogens is 304 g/mol. The van der Waals surface area contributed by atoms with Crippen molar-refractivity contribution in [3.05, 3.63) is 46.4 Å². The van der Waals surface area contributed by atoms with Crippen LogP contribution >= 0.6 is 15.9 Å². The Morgan fingerprint density at radius 2 is 1.95 bits per heavy atom. The second kappa shape index (κ2) is 4.89. The van der Waals surface area contributed by atoms with Crippen molar-refractivity contribution in [2.24, 2.45) is 0 Å². The summed E-state index contributed by atoms with van der Waals surface area (Å²) in [6, 6.07) is 12.1. The molecule has 1 N–H and O–H groups in total. The van der Waals surface area contributed by atoms with E-state index in [2.05, 4.69) is 28.1 Å². The summed E-state index contributed by atoms with van der Waals surface area (Å²) < 4.78 is 6.83. The SMILES string of the molecule is CC1(C(O)c2ccc(Br)c3ccccc23)CCCO1. The molecule has 2 unspecified atom stereocenters. The topological polar surface area (TPSA) is 29.5 Å². The Bertz CT molecular complexity index is 603. The van der Waals surface area contributed by atoms with Crippen LogP contribution in [0, 0.1) is 0 Å². The highest BCUT2D eigenvalue weighted by atomic mass is 79.9. The monoisotopic (exact) mass is 320 g/mol. The van der Waals surface area contributed by atoms with Crippen LogP contribution in [0.5, 0.6) is 0 Å². The molecule has 2 atom stereocenters. The lowest BCUT2D eigenvalue weighted by Crippen LogP contribution is -2.32. The zero-order chi connectivity index (χ0) is 13.5. The van der Waals surface area contributed by atoms with E-state index in [4.69, 9.17) is 4.74 Å². The summed E-state index contributed by atoms with van der Waals surface area (Å²) in [5.41, 5.74) is 0.486. The van der Waals surface area contributed by atoms with Gasteiger partial charge in [0, 0.05) is 11.1 Å². The highest BCUT2D eigenvalue weighted by Gasteiger charge is 2.38. The van der Waals surface area contributed by atoms with E-state index in [1.54, 1.807) is 0 Å². The van der Waals surface area contributed by atoms with Crippen LogP contribution in [-0.2, 0) is 4.74 Å². The van der Waals surface area contributed by atoms with E-state index in [1.165, 1.54) is 0 Å². The summed E-state index contributed by atoms with van der Waals surface area (Å²) in [6.45, 7) is 2.74. The quantitative estimate of drug-likeness (QED) is 0.898. The Kier molecular flexibility index (Phi) is 3.37. The number of ether oxygens (including phenoxy) is 1. The molecular formula is C16H17BrO2. The molecule has 0 bridgehead atoms. The summed E-state index contributed by atoms with van der Waals surface area (Å²) >= 11 is 3.56. The maximum absolute atomic E-state index is 10.7. The molecule has 3 rings (SSSR count). The molecule has 1 heterocycles. The van der Waals surface area contributed by atoms with Gasteiger partial charge < -0.3 is 9.84 Å². The summed E-state index contributed by atoms with van der Waals surface area (Å²) in [5.74, 6) is 0. The zero-order valence-corrected chi connectivity index (χ0v) is 12.5. The Labute approximate surface area is 121 Å². The van der Waals surface area contributed by atoms with E-state index >= 15 is 0 Å². The van der Waals surface area contributed by atoms with Crippen molar-refractivity contribution in [2.75, 3.05) is 6.61 Å². The number of rotatable bonds is 2. The van der Waals surface area contributed by atoms with Crippen LogP contribution in [-0.4, -0.2) is 17.3 Å². The number of aliphatic hydroxyl groups excluding tert-OH is 1. The summed E-state index contributed by atoms with van der Waals surface area (Å²) in [4.78, 5) is 0. The number of fused-ring (bicyclic) bond motifs is 1.